The maximum absolute atomic E-state index is 14.6. The summed E-state index contributed by atoms with van der Waals surface area (Å²) >= 11 is 0. The molecule has 3 saturated heterocycles. The zero-order valence-corrected chi connectivity index (χ0v) is 32.9. The lowest BCUT2D eigenvalue weighted by Crippen LogP contribution is -2.43. The van der Waals surface area contributed by atoms with Crippen LogP contribution < -0.4 is 10.1 Å². The van der Waals surface area contributed by atoms with Gasteiger partial charge in [0.2, 0.25) is 5.91 Å². The molecule has 4 heterocycles. The maximum atomic E-state index is 14.6. The summed E-state index contributed by atoms with van der Waals surface area (Å²) in [5, 5.41) is 13.9. The van der Waals surface area contributed by atoms with Crippen molar-refractivity contribution in [3.05, 3.63) is 76.6 Å². The van der Waals surface area contributed by atoms with Crippen LogP contribution in [0.15, 0.2) is 58.3 Å². The lowest BCUT2D eigenvalue weighted by Gasteiger charge is -2.31. The number of aromatic nitrogens is 1. The number of nitriles is 1. The van der Waals surface area contributed by atoms with Crippen LogP contribution in [0.5, 0.6) is 5.75 Å². The van der Waals surface area contributed by atoms with Gasteiger partial charge in [0.15, 0.2) is 11.6 Å². The summed E-state index contributed by atoms with van der Waals surface area (Å²) in [6.07, 6.45) is 4.15. The SMILES string of the molecule is C=N/C=C(/Oc1ccc(F)cc1C(=O)N(C(C)C)C(C)C)C(=NC)N1CCC2(CCN(Cc3ccc4c(cc(C#N)n4CCC4CNC(=O)CO4)c3C)C2)C1. The average molecular weight is 753 g/mol. The molecule has 3 aliphatic rings. The number of nitrogens with zero attached hydrogens (tertiary/aromatic N) is 7. The molecular formula is C42H53FN8O4. The molecule has 2 amide bonds. The molecule has 13 heteroatoms. The summed E-state index contributed by atoms with van der Waals surface area (Å²) in [5.41, 5.74) is 4.26. The minimum atomic E-state index is -0.522. The Morgan fingerprint density at radius 2 is 1.95 bits per heavy atom. The molecule has 1 spiro atoms. The van der Waals surface area contributed by atoms with Crippen molar-refractivity contribution in [1.82, 2.24) is 24.6 Å². The normalized spacial score (nSPS) is 20.8. The Morgan fingerprint density at radius 1 is 1.18 bits per heavy atom. The highest BCUT2D eigenvalue weighted by molar-refractivity contribution is 5.99. The molecular weight excluding hydrogens is 700 g/mol. The summed E-state index contributed by atoms with van der Waals surface area (Å²) in [6.45, 7) is 19.0. The van der Waals surface area contributed by atoms with Gasteiger partial charge in [0.1, 0.15) is 29.9 Å². The first kappa shape index (κ1) is 39.6. The fraction of sp³-hybridized carbons (Fsp3) is 0.500. The molecule has 0 saturated carbocycles. The number of amidine groups is 1. The number of halogens is 1. The van der Waals surface area contributed by atoms with Gasteiger partial charge in [-0.3, -0.25) is 24.5 Å². The third kappa shape index (κ3) is 8.45. The van der Waals surface area contributed by atoms with E-state index in [-0.39, 0.29) is 53.3 Å². The van der Waals surface area contributed by atoms with Crippen LogP contribution in [0.2, 0.25) is 0 Å². The van der Waals surface area contributed by atoms with E-state index in [1.54, 1.807) is 11.9 Å². The number of aryl methyl sites for hydroxylation is 2. The van der Waals surface area contributed by atoms with Crippen molar-refractivity contribution < 1.29 is 23.5 Å². The molecule has 2 aromatic carbocycles. The standard InChI is InChI=1S/C42H53FN8O4/c1-27(2)51(28(3)4)41(53)35-18-31(43)9-11-37(35)55-38(22-45-6)40(46-7)49-17-14-42(26-49)13-16-48(25-42)23-30-8-10-36-34(29(30)5)19-32(20-44)50(36)15-12-33-21-47-39(52)24-54-33/h8-11,18-19,22,27-28,33H,6,12-17,21,23-26H2,1-5,7H3,(H,47,52)/b38-22+,46-40?. The number of amides is 2. The summed E-state index contributed by atoms with van der Waals surface area (Å²) in [4.78, 5) is 40.3. The smallest absolute Gasteiger partial charge is 0.258 e. The van der Waals surface area contributed by atoms with E-state index in [4.69, 9.17) is 9.47 Å². The molecule has 55 heavy (non-hydrogen) atoms. The van der Waals surface area contributed by atoms with Gasteiger partial charge < -0.3 is 29.2 Å². The van der Waals surface area contributed by atoms with Crippen LogP contribution in [-0.2, 0) is 22.6 Å². The highest BCUT2D eigenvalue weighted by atomic mass is 19.1. The summed E-state index contributed by atoms with van der Waals surface area (Å²) in [6, 6.07) is 12.5. The second-order valence-electron chi connectivity index (χ2n) is 15.6. The lowest BCUT2D eigenvalue weighted by atomic mass is 9.86. The van der Waals surface area contributed by atoms with Gasteiger partial charge in [-0.25, -0.2) is 4.39 Å². The Morgan fingerprint density at radius 3 is 2.62 bits per heavy atom. The van der Waals surface area contributed by atoms with Crippen molar-refractivity contribution in [2.24, 2.45) is 15.4 Å². The molecule has 2 atom stereocenters. The predicted octanol–water partition coefficient (Wildman–Crippen LogP) is 5.67. The molecule has 1 aromatic heterocycles. The van der Waals surface area contributed by atoms with E-state index < -0.39 is 5.82 Å². The monoisotopic (exact) mass is 752 g/mol. The largest absolute Gasteiger partial charge is 0.451 e. The Bertz CT molecular complexity index is 2030. The number of hydrogen-bond acceptors (Lipinski definition) is 8. The van der Waals surface area contributed by atoms with E-state index in [9.17, 15) is 19.2 Å². The molecule has 6 rings (SSSR count). The quantitative estimate of drug-likeness (QED) is 0.144. The van der Waals surface area contributed by atoms with Crippen molar-refractivity contribution in [3.63, 3.8) is 0 Å². The first-order valence-electron chi connectivity index (χ1n) is 19.2. The van der Waals surface area contributed by atoms with E-state index in [1.165, 1.54) is 35.5 Å². The topological polar surface area (TPSA) is 128 Å². The van der Waals surface area contributed by atoms with Gasteiger partial charge in [-0.1, -0.05) is 6.07 Å². The van der Waals surface area contributed by atoms with Gasteiger partial charge in [-0.15, -0.1) is 0 Å². The number of carbonyl (C=O) groups is 2. The van der Waals surface area contributed by atoms with Crippen molar-refractivity contribution >= 4 is 35.3 Å². The predicted molar refractivity (Wildman–Crippen MR) is 212 cm³/mol. The molecule has 292 valence electrons. The fourth-order valence-electron chi connectivity index (χ4n) is 8.57. The third-order valence-corrected chi connectivity index (χ3v) is 11.3. The van der Waals surface area contributed by atoms with Gasteiger partial charge in [0, 0.05) is 74.7 Å². The Hall–Kier alpha value is -5.06. The van der Waals surface area contributed by atoms with E-state index in [0.717, 1.165) is 56.5 Å². The number of likely N-dealkylation sites (tertiary alicyclic amines) is 2. The van der Waals surface area contributed by atoms with Crippen molar-refractivity contribution in [3.8, 4) is 11.8 Å². The minimum absolute atomic E-state index is 0.0602. The first-order chi connectivity index (χ1) is 26.4. The van der Waals surface area contributed by atoms with Crippen LogP contribution in [0.4, 0.5) is 4.39 Å². The number of aliphatic imine (C=N–C) groups is 2. The van der Waals surface area contributed by atoms with Crippen LogP contribution in [-0.4, -0.2) is 108 Å². The van der Waals surface area contributed by atoms with E-state index in [1.807, 2.05) is 33.8 Å². The average Bonchev–Trinajstić information content (AvgIpc) is 3.86. The third-order valence-electron chi connectivity index (χ3n) is 11.3. The number of carbonyl (C=O) groups excluding carboxylic acids is 2. The van der Waals surface area contributed by atoms with Crippen molar-refractivity contribution in [2.45, 2.75) is 85.2 Å². The van der Waals surface area contributed by atoms with E-state index in [0.29, 0.717) is 36.8 Å². The highest BCUT2D eigenvalue weighted by Crippen LogP contribution is 2.41. The zero-order valence-electron chi connectivity index (χ0n) is 32.9. The molecule has 3 aromatic rings. The Kier molecular flexibility index (Phi) is 12.1. The highest BCUT2D eigenvalue weighted by Gasteiger charge is 2.45. The van der Waals surface area contributed by atoms with Crippen LogP contribution in [0, 0.1) is 29.5 Å². The molecule has 3 fully saturated rings. The molecule has 0 radical (unpaired) electrons. The summed E-state index contributed by atoms with van der Waals surface area (Å²) < 4.78 is 28.7. The molecule has 12 nitrogen and oxygen atoms in total. The summed E-state index contributed by atoms with van der Waals surface area (Å²) in [7, 11) is 1.71. The van der Waals surface area contributed by atoms with Gasteiger partial charge in [-0.05, 0) is 109 Å². The fourth-order valence-corrected chi connectivity index (χ4v) is 8.57. The maximum Gasteiger partial charge on any atom is 0.258 e. The second-order valence-corrected chi connectivity index (χ2v) is 15.6. The molecule has 1 N–H and O–H groups in total. The second kappa shape index (κ2) is 16.8. The Balaban J connectivity index is 1.14. The molecule has 0 aliphatic carbocycles. The first-order valence-corrected chi connectivity index (χ1v) is 19.2. The van der Waals surface area contributed by atoms with Crippen molar-refractivity contribution in [2.75, 3.05) is 46.4 Å². The number of morpholine rings is 1. The number of hydrogen-bond donors (Lipinski definition) is 1. The Labute approximate surface area is 323 Å². The lowest BCUT2D eigenvalue weighted by molar-refractivity contribution is -0.133. The zero-order chi connectivity index (χ0) is 39.4. The van der Waals surface area contributed by atoms with Crippen LogP contribution >= 0.6 is 0 Å². The number of ether oxygens (including phenoxy) is 2. The van der Waals surface area contributed by atoms with E-state index in [2.05, 4.69) is 61.5 Å². The number of benzene rings is 2. The number of nitrogens with one attached hydrogen (secondary N) is 1. The number of fused-ring (bicyclic) bond motifs is 1. The number of rotatable bonds is 12. The van der Waals surface area contributed by atoms with Crippen molar-refractivity contribution in [1.29, 1.82) is 5.26 Å². The molecule has 0 bridgehead atoms. The van der Waals surface area contributed by atoms with Gasteiger partial charge >= 0.3 is 0 Å². The molecule has 2 unspecified atom stereocenters. The van der Waals surface area contributed by atoms with Gasteiger partial charge in [-0.2, -0.15) is 5.26 Å². The van der Waals surface area contributed by atoms with Gasteiger partial charge in [0.05, 0.1) is 17.9 Å². The van der Waals surface area contributed by atoms with Crippen LogP contribution in [0.3, 0.4) is 0 Å². The van der Waals surface area contributed by atoms with Crippen LogP contribution in [0.25, 0.3) is 10.9 Å². The molecule has 3 aliphatic heterocycles. The summed E-state index contributed by atoms with van der Waals surface area (Å²) in [5.74, 6) is 0.248. The van der Waals surface area contributed by atoms with Gasteiger partial charge in [0.25, 0.3) is 5.91 Å². The van der Waals surface area contributed by atoms with E-state index >= 15 is 0 Å². The minimum Gasteiger partial charge on any atom is -0.451 e. The van der Waals surface area contributed by atoms with Crippen LogP contribution in [0.1, 0.15) is 74.1 Å².